The van der Waals surface area contributed by atoms with Crippen LogP contribution < -0.4 is 4.74 Å². The molecule has 0 saturated carbocycles. The van der Waals surface area contributed by atoms with Crippen LogP contribution in [0.1, 0.15) is 10.4 Å². The molecule has 0 radical (unpaired) electrons. The Morgan fingerprint density at radius 2 is 2.00 bits per heavy atom. The van der Waals surface area contributed by atoms with Gasteiger partial charge in [-0.15, -0.1) is 0 Å². The lowest BCUT2D eigenvalue weighted by molar-refractivity contribution is -0.384. The van der Waals surface area contributed by atoms with Crippen molar-refractivity contribution in [2.24, 2.45) is 0 Å². The summed E-state index contributed by atoms with van der Waals surface area (Å²) in [5.74, 6) is -1.38. The van der Waals surface area contributed by atoms with Gasteiger partial charge in [0.15, 0.2) is 0 Å². The van der Waals surface area contributed by atoms with E-state index in [1.807, 2.05) is 0 Å². The van der Waals surface area contributed by atoms with Crippen molar-refractivity contribution >= 4 is 34.9 Å². The maximum absolute atomic E-state index is 11.1. The summed E-state index contributed by atoms with van der Waals surface area (Å²) in [6.45, 7) is 0. The van der Waals surface area contributed by atoms with Crippen molar-refractivity contribution < 1.29 is 19.6 Å². The molecule has 0 spiro atoms. The van der Waals surface area contributed by atoms with Crippen molar-refractivity contribution in [3.63, 3.8) is 0 Å². The Kier molecular flexibility index (Phi) is 4.25. The molecule has 108 valence electrons. The predicted octanol–water partition coefficient (Wildman–Crippen LogP) is 3.79. The quantitative estimate of drug-likeness (QED) is 0.520. The number of aromatic carboxylic acids is 1. The zero-order valence-electron chi connectivity index (χ0n) is 10.1. The molecule has 0 fully saturated rings. The topological polar surface area (TPSA) is 103 Å². The number of carboxylic acid groups (broad SMARTS) is 1. The first-order chi connectivity index (χ1) is 9.88. The van der Waals surface area contributed by atoms with E-state index in [0.29, 0.717) is 0 Å². The fourth-order valence-corrected chi connectivity index (χ4v) is 1.85. The van der Waals surface area contributed by atoms with Crippen LogP contribution in [0.5, 0.6) is 11.6 Å². The van der Waals surface area contributed by atoms with Crippen molar-refractivity contribution in [1.82, 2.24) is 4.98 Å². The average molecular weight is 329 g/mol. The van der Waals surface area contributed by atoms with Gasteiger partial charge in [0.05, 0.1) is 4.92 Å². The third kappa shape index (κ3) is 3.39. The normalized spacial score (nSPS) is 10.2. The molecule has 7 nitrogen and oxygen atoms in total. The molecule has 1 N–H and O–H groups in total. The number of carbonyl (C=O) groups is 1. The third-order valence-corrected chi connectivity index (χ3v) is 2.90. The van der Waals surface area contributed by atoms with Gasteiger partial charge in [0, 0.05) is 12.1 Å². The lowest BCUT2D eigenvalue weighted by Gasteiger charge is -2.08. The van der Waals surface area contributed by atoms with Gasteiger partial charge in [-0.25, -0.2) is 9.78 Å². The summed E-state index contributed by atoms with van der Waals surface area (Å²) in [5.41, 5.74) is -0.490. The van der Waals surface area contributed by atoms with Crippen LogP contribution in [0, 0.1) is 10.1 Å². The monoisotopic (exact) mass is 328 g/mol. The molecule has 0 atom stereocenters. The third-order valence-electron chi connectivity index (χ3n) is 2.39. The molecule has 2 aromatic rings. The molecule has 0 saturated heterocycles. The lowest BCUT2D eigenvalue weighted by atomic mass is 10.2. The van der Waals surface area contributed by atoms with Crippen molar-refractivity contribution in [3.05, 3.63) is 56.2 Å². The van der Waals surface area contributed by atoms with Crippen LogP contribution in [0.3, 0.4) is 0 Å². The molecule has 1 aromatic carbocycles. The van der Waals surface area contributed by atoms with Gasteiger partial charge < -0.3 is 9.84 Å². The van der Waals surface area contributed by atoms with Gasteiger partial charge in [0.1, 0.15) is 21.5 Å². The van der Waals surface area contributed by atoms with Crippen LogP contribution in [-0.2, 0) is 0 Å². The summed E-state index contributed by atoms with van der Waals surface area (Å²) >= 11 is 11.4. The number of hydrogen-bond acceptors (Lipinski definition) is 5. The number of hydrogen-bond donors (Lipinski definition) is 1. The van der Waals surface area contributed by atoms with Gasteiger partial charge in [-0.1, -0.05) is 23.2 Å². The van der Waals surface area contributed by atoms with E-state index < -0.39 is 10.9 Å². The number of aromatic nitrogens is 1. The molecular weight excluding hydrogens is 323 g/mol. The molecule has 0 aliphatic rings. The van der Waals surface area contributed by atoms with Crippen LogP contribution in [0.25, 0.3) is 0 Å². The van der Waals surface area contributed by atoms with Gasteiger partial charge >= 0.3 is 5.97 Å². The first kappa shape index (κ1) is 15.0. The Labute approximate surface area is 127 Å². The van der Waals surface area contributed by atoms with Gasteiger partial charge in [-0.05, 0) is 18.2 Å². The highest BCUT2D eigenvalue weighted by Crippen LogP contribution is 2.31. The van der Waals surface area contributed by atoms with Crippen LogP contribution in [0.15, 0.2) is 30.3 Å². The molecule has 0 amide bonds. The van der Waals surface area contributed by atoms with E-state index >= 15 is 0 Å². The number of nitro benzene ring substituents is 1. The van der Waals surface area contributed by atoms with Gasteiger partial charge in [-0.2, -0.15) is 0 Å². The van der Waals surface area contributed by atoms with Crippen molar-refractivity contribution in [2.45, 2.75) is 0 Å². The van der Waals surface area contributed by atoms with E-state index in [1.54, 1.807) is 0 Å². The molecule has 0 aliphatic heterocycles. The van der Waals surface area contributed by atoms with Crippen molar-refractivity contribution in [3.8, 4) is 11.6 Å². The fraction of sp³-hybridized carbons (Fsp3) is 0. The maximum Gasteiger partial charge on any atom is 0.341 e. The Morgan fingerprint density at radius 3 is 2.57 bits per heavy atom. The number of nitrogens with zero attached hydrogens (tertiary/aromatic N) is 2. The number of rotatable bonds is 4. The number of benzene rings is 1. The molecule has 0 aliphatic carbocycles. The highest BCUT2D eigenvalue weighted by atomic mass is 35.5. The van der Waals surface area contributed by atoms with Crippen LogP contribution >= 0.6 is 23.2 Å². The largest absolute Gasteiger partial charge is 0.477 e. The average Bonchev–Trinajstić information content (AvgIpc) is 2.37. The van der Waals surface area contributed by atoms with Gasteiger partial charge in [-0.3, -0.25) is 10.1 Å². The number of pyridine rings is 1. The molecule has 2 rings (SSSR count). The molecule has 1 heterocycles. The predicted molar refractivity (Wildman–Crippen MR) is 74.4 cm³/mol. The Balaban J connectivity index is 2.38. The molecule has 21 heavy (non-hydrogen) atoms. The standard InChI is InChI=1S/C12H6Cl2N2O5/c13-8-5-6(1-3-9(8)16(19)20)21-11-7(12(17)18)2-4-10(14)15-11/h1-5H,(H,17,18). The first-order valence-electron chi connectivity index (χ1n) is 5.40. The molecular formula is C12H6Cl2N2O5. The number of ether oxygens (including phenoxy) is 1. The Morgan fingerprint density at radius 1 is 1.29 bits per heavy atom. The van der Waals surface area contributed by atoms with Gasteiger partial charge in [0.2, 0.25) is 5.88 Å². The Bertz CT molecular complexity index is 736. The van der Waals surface area contributed by atoms with Crippen LogP contribution in [0.2, 0.25) is 10.2 Å². The fourth-order valence-electron chi connectivity index (χ4n) is 1.47. The number of carboxylic acids is 1. The summed E-state index contributed by atoms with van der Waals surface area (Å²) < 4.78 is 5.28. The second-order valence-corrected chi connectivity index (χ2v) is 4.56. The maximum atomic E-state index is 11.1. The van der Waals surface area contributed by atoms with Crippen molar-refractivity contribution in [1.29, 1.82) is 0 Å². The second-order valence-electron chi connectivity index (χ2n) is 3.76. The van der Waals surface area contributed by atoms with E-state index in [4.69, 9.17) is 33.0 Å². The SMILES string of the molecule is O=C(O)c1ccc(Cl)nc1Oc1ccc([N+](=O)[O-])c(Cl)c1. The van der Waals surface area contributed by atoms with E-state index in [2.05, 4.69) is 4.98 Å². The minimum atomic E-state index is -1.25. The summed E-state index contributed by atoms with van der Waals surface area (Å²) in [4.78, 5) is 24.8. The summed E-state index contributed by atoms with van der Waals surface area (Å²) in [5, 5.41) is 19.6. The van der Waals surface area contributed by atoms with E-state index in [9.17, 15) is 14.9 Å². The van der Waals surface area contributed by atoms with Crippen LogP contribution in [0.4, 0.5) is 5.69 Å². The zero-order valence-corrected chi connectivity index (χ0v) is 11.6. The van der Waals surface area contributed by atoms with Crippen LogP contribution in [-0.4, -0.2) is 21.0 Å². The zero-order chi connectivity index (χ0) is 15.6. The van der Waals surface area contributed by atoms with E-state index in [1.165, 1.54) is 24.3 Å². The second kappa shape index (κ2) is 5.94. The summed E-state index contributed by atoms with van der Waals surface area (Å²) in [6, 6.07) is 6.15. The molecule has 0 bridgehead atoms. The van der Waals surface area contributed by atoms with E-state index in [0.717, 1.165) is 6.07 Å². The minimum Gasteiger partial charge on any atom is -0.477 e. The number of nitro groups is 1. The Hall–Kier alpha value is -2.38. The highest BCUT2D eigenvalue weighted by molar-refractivity contribution is 6.32. The first-order valence-corrected chi connectivity index (χ1v) is 6.15. The molecule has 1 aromatic heterocycles. The van der Waals surface area contributed by atoms with Crippen molar-refractivity contribution in [2.75, 3.05) is 0 Å². The minimum absolute atomic E-state index is 0.0445. The lowest BCUT2D eigenvalue weighted by Crippen LogP contribution is -2.02. The molecule has 0 unspecified atom stereocenters. The van der Waals surface area contributed by atoms with E-state index in [-0.39, 0.29) is 33.1 Å². The van der Waals surface area contributed by atoms with Gasteiger partial charge in [0.25, 0.3) is 5.69 Å². The highest BCUT2D eigenvalue weighted by Gasteiger charge is 2.17. The molecule has 9 heteroatoms. The smallest absolute Gasteiger partial charge is 0.341 e. The summed E-state index contributed by atoms with van der Waals surface area (Å²) in [6.07, 6.45) is 0. The number of halogens is 2. The summed E-state index contributed by atoms with van der Waals surface area (Å²) in [7, 11) is 0.